The Morgan fingerprint density at radius 2 is 1.32 bits per heavy atom. The van der Waals surface area contributed by atoms with Gasteiger partial charge in [0, 0.05) is 0 Å². The molecule has 28 heavy (non-hydrogen) atoms. The molecule has 0 saturated heterocycles. The van der Waals surface area contributed by atoms with Crippen LogP contribution >= 0.6 is 0 Å². The highest BCUT2D eigenvalue weighted by Crippen LogP contribution is 2.12. The van der Waals surface area contributed by atoms with Crippen LogP contribution in [0.25, 0.3) is 0 Å². The number of allylic oxidation sites excluding steroid dienone is 5. The van der Waals surface area contributed by atoms with Crippen LogP contribution in [0.1, 0.15) is 98.6 Å². The monoisotopic (exact) mass is 386 g/mol. The van der Waals surface area contributed by atoms with Gasteiger partial charge in [-0.25, -0.2) is 0 Å². The molecule has 0 aliphatic rings. The van der Waals surface area contributed by atoms with E-state index < -0.39 is 0 Å². The van der Waals surface area contributed by atoms with Gasteiger partial charge < -0.3 is 0 Å². The van der Waals surface area contributed by atoms with Crippen LogP contribution in [0.2, 0.25) is 0 Å². The van der Waals surface area contributed by atoms with E-state index in [0.29, 0.717) is 0 Å². The average molecular weight is 387 g/mol. The fourth-order valence-corrected chi connectivity index (χ4v) is 2.76. The molecule has 0 atom stereocenters. The summed E-state index contributed by atoms with van der Waals surface area (Å²) in [5.41, 5.74) is 5.38. The minimum Gasteiger partial charge on any atom is -0.0991 e. The molecule has 1 rings (SSSR count). The van der Waals surface area contributed by atoms with Crippen LogP contribution in [0.4, 0.5) is 0 Å². The Morgan fingerprint density at radius 1 is 0.929 bits per heavy atom. The predicted molar refractivity (Wildman–Crippen MR) is 134 cm³/mol. The summed E-state index contributed by atoms with van der Waals surface area (Å²) in [6.07, 6.45) is 12.6. The van der Waals surface area contributed by atoms with Gasteiger partial charge in [0.05, 0.1) is 0 Å². The molecule has 162 valence electrons. The molecule has 0 fully saturated rings. The highest BCUT2D eigenvalue weighted by Gasteiger charge is 1.95. The quantitative estimate of drug-likeness (QED) is 0.409. The van der Waals surface area contributed by atoms with Crippen LogP contribution in [0, 0.1) is 19.8 Å². The van der Waals surface area contributed by atoms with Crippen molar-refractivity contribution in [3.63, 3.8) is 0 Å². The molecule has 0 unspecified atom stereocenters. The Morgan fingerprint density at radius 3 is 1.57 bits per heavy atom. The molecule has 0 heterocycles. The summed E-state index contributed by atoms with van der Waals surface area (Å²) in [5, 5.41) is 0. The zero-order chi connectivity index (χ0) is 22.4. The number of hydrogen-bond acceptors (Lipinski definition) is 0. The third kappa shape index (κ3) is 20.7. The fourth-order valence-electron chi connectivity index (χ4n) is 2.76. The molecule has 0 bridgehead atoms. The van der Waals surface area contributed by atoms with Crippen LogP contribution in [0.3, 0.4) is 0 Å². The maximum Gasteiger partial charge on any atom is -0.0308 e. The molecule has 0 aliphatic carbocycles. The maximum absolute atomic E-state index is 3.65. The lowest BCUT2D eigenvalue weighted by Crippen LogP contribution is -1.91. The number of rotatable bonds is 7. The second-order valence-corrected chi connectivity index (χ2v) is 7.09. The minimum absolute atomic E-state index is 0.963. The van der Waals surface area contributed by atoms with E-state index in [0.717, 1.165) is 12.3 Å². The van der Waals surface area contributed by atoms with Gasteiger partial charge in [-0.15, -0.1) is 0 Å². The summed E-state index contributed by atoms with van der Waals surface area (Å²) in [4.78, 5) is 0. The minimum atomic E-state index is 0.963. The largest absolute Gasteiger partial charge is 0.0991 e. The van der Waals surface area contributed by atoms with Crippen LogP contribution in [-0.2, 0) is 0 Å². The summed E-state index contributed by atoms with van der Waals surface area (Å²) >= 11 is 0. The summed E-state index contributed by atoms with van der Waals surface area (Å²) in [6.45, 7) is 25.0. The molecule has 0 aromatic heterocycles. The van der Waals surface area contributed by atoms with E-state index in [9.17, 15) is 0 Å². The summed E-state index contributed by atoms with van der Waals surface area (Å²) in [7, 11) is 0. The molecule has 0 nitrogen and oxygen atoms in total. The van der Waals surface area contributed by atoms with Gasteiger partial charge in [0.25, 0.3) is 0 Å². The first-order valence-electron chi connectivity index (χ1n) is 11.3. The van der Waals surface area contributed by atoms with E-state index in [1.54, 1.807) is 0 Å². The zero-order valence-corrected chi connectivity index (χ0v) is 20.9. The Bertz CT molecular complexity index is 472. The lowest BCUT2D eigenvalue weighted by Gasteiger charge is -2.05. The third-order valence-corrected chi connectivity index (χ3v) is 4.38. The first-order chi connectivity index (χ1) is 13.4. The molecular formula is C28H50. The van der Waals surface area contributed by atoms with Crippen LogP contribution in [0.15, 0.2) is 60.2 Å². The fraction of sp³-hybridized carbons (Fsp3) is 0.571. The maximum atomic E-state index is 3.65. The van der Waals surface area contributed by atoms with Gasteiger partial charge >= 0.3 is 0 Å². The summed E-state index contributed by atoms with van der Waals surface area (Å²) < 4.78 is 0. The first-order valence-corrected chi connectivity index (χ1v) is 11.3. The average Bonchev–Trinajstić information content (AvgIpc) is 2.68. The second kappa shape index (κ2) is 23.5. The smallest absolute Gasteiger partial charge is 0.0308 e. The van der Waals surface area contributed by atoms with Gasteiger partial charge in [0.15, 0.2) is 0 Å². The molecule has 0 spiro atoms. The third-order valence-electron chi connectivity index (χ3n) is 4.38. The molecule has 0 aliphatic heterocycles. The normalized spacial score (nSPS) is 10.7. The summed E-state index contributed by atoms with van der Waals surface area (Å²) in [6, 6.07) is 8.48. The lowest BCUT2D eigenvalue weighted by molar-refractivity contribution is 0.480. The van der Waals surface area contributed by atoms with E-state index in [-0.39, 0.29) is 0 Å². The predicted octanol–water partition coefficient (Wildman–Crippen LogP) is 10.0. The van der Waals surface area contributed by atoms with E-state index >= 15 is 0 Å². The number of aryl methyl sites for hydroxylation is 2. The molecule has 1 aromatic carbocycles. The molecule has 0 N–H and O–H groups in total. The van der Waals surface area contributed by atoms with E-state index in [1.165, 1.54) is 48.0 Å². The topological polar surface area (TPSA) is 0 Å². The first kappa shape index (κ1) is 31.1. The van der Waals surface area contributed by atoms with Gasteiger partial charge in [-0.1, -0.05) is 127 Å². The van der Waals surface area contributed by atoms with Gasteiger partial charge in [0.2, 0.25) is 0 Å². The number of hydrogen-bond donors (Lipinski definition) is 0. The van der Waals surface area contributed by atoms with Crippen molar-refractivity contribution in [3.05, 3.63) is 71.3 Å². The van der Waals surface area contributed by atoms with Gasteiger partial charge in [0.1, 0.15) is 0 Å². The van der Waals surface area contributed by atoms with Crippen molar-refractivity contribution in [1.29, 1.82) is 0 Å². The Labute approximate surface area is 178 Å². The molecule has 0 saturated carbocycles. The van der Waals surface area contributed by atoms with Gasteiger partial charge in [-0.2, -0.15) is 0 Å². The van der Waals surface area contributed by atoms with Crippen molar-refractivity contribution in [2.24, 2.45) is 5.92 Å². The van der Waals surface area contributed by atoms with Crippen molar-refractivity contribution >= 4 is 0 Å². The van der Waals surface area contributed by atoms with E-state index in [2.05, 4.69) is 92.3 Å². The standard InChI is InChI=1S/C10H16.C8H10.C8H18.C2H6/c1-5-8-9(4)10(6-2)7-3;1-7-3-5-8(2)6-4-7;1-4-6-8(3)7-5-2;1-2/h5-6,8H,1,7H2,2-4H3;3-6H,1-2H3;8H,4-7H2,1-3H3;1-2H3/b9-8-,10-6-;;;. The van der Waals surface area contributed by atoms with Crippen LogP contribution in [-0.4, -0.2) is 0 Å². The van der Waals surface area contributed by atoms with Crippen molar-refractivity contribution in [1.82, 2.24) is 0 Å². The van der Waals surface area contributed by atoms with E-state index in [1.807, 2.05) is 26.0 Å². The van der Waals surface area contributed by atoms with Crippen molar-refractivity contribution in [2.45, 2.75) is 101 Å². The van der Waals surface area contributed by atoms with Gasteiger partial charge in [-0.05, 0) is 51.2 Å². The molecular weight excluding hydrogens is 336 g/mol. The molecule has 1 aromatic rings. The zero-order valence-electron chi connectivity index (χ0n) is 20.9. The SMILES string of the molecule is C=C/C=C(C)\C(=C/C)CC.CC.CCCC(C)CCC.Cc1ccc(C)cc1. The highest BCUT2D eigenvalue weighted by atomic mass is 14.0. The Hall–Kier alpha value is -1.56. The van der Waals surface area contributed by atoms with Crippen molar-refractivity contribution in [2.75, 3.05) is 0 Å². The van der Waals surface area contributed by atoms with Crippen molar-refractivity contribution in [3.8, 4) is 0 Å². The Kier molecular flexibility index (Phi) is 26.1. The van der Waals surface area contributed by atoms with Gasteiger partial charge in [-0.3, -0.25) is 0 Å². The second-order valence-electron chi connectivity index (χ2n) is 7.09. The van der Waals surface area contributed by atoms with Crippen LogP contribution < -0.4 is 0 Å². The number of benzene rings is 1. The summed E-state index contributed by atoms with van der Waals surface area (Å²) in [5.74, 6) is 0.963. The molecule has 0 heteroatoms. The molecule has 0 amide bonds. The van der Waals surface area contributed by atoms with Crippen molar-refractivity contribution < 1.29 is 0 Å². The Balaban J connectivity index is -0.000000322. The highest BCUT2D eigenvalue weighted by molar-refractivity contribution is 5.30. The van der Waals surface area contributed by atoms with E-state index in [4.69, 9.17) is 0 Å². The lowest BCUT2D eigenvalue weighted by atomic mass is 10.0. The molecule has 0 radical (unpaired) electrons. The van der Waals surface area contributed by atoms with Crippen LogP contribution in [0.5, 0.6) is 0 Å².